The average Bonchev–Trinajstić information content (AvgIpc) is 2.32. The standard InChI is InChI=1S/C15H25N/c1-3-5-6-7-8-9-10-11-12-13-15(4-2)14-16/h2,15H,3,5-13H2,1H3. The molecule has 16 heavy (non-hydrogen) atoms. The van der Waals surface area contributed by atoms with Gasteiger partial charge in [0.2, 0.25) is 0 Å². The van der Waals surface area contributed by atoms with Crippen LogP contribution in [0.4, 0.5) is 0 Å². The summed E-state index contributed by atoms with van der Waals surface area (Å²) in [7, 11) is 0. The Kier molecular flexibility index (Phi) is 11.4. The molecule has 90 valence electrons. The summed E-state index contributed by atoms with van der Waals surface area (Å²) in [6, 6.07) is 2.14. The lowest BCUT2D eigenvalue weighted by Gasteiger charge is -2.02. The van der Waals surface area contributed by atoms with Crippen molar-refractivity contribution in [3.8, 4) is 18.4 Å². The van der Waals surface area contributed by atoms with E-state index < -0.39 is 0 Å². The number of terminal acetylenes is 1. The van der Waals surface area contributed by atoms with Crippen LogP contribution < -0.4 is 0 Å². The van der Waals surface area contributed by atoms with E-state index in [9.17, 15) is 0 Å². The first-order valence-corrected chi connectivity index (χ1v) is 6.70. The molecule has 0 amide bonds. The van der Waals surface area contributed by atoms with Crippen LogP contribution in [0.15, 0.2) is 0 Å². The summed E-state index contributed by atoms with van der Waals surface area (Å²) >= 11 is 0. The zero-order chi connectivity index (χ0) is 12.1. The SMILES string of the molecule is C#CC(C#N)CCCCCCCCCCC. The van der Waals surface area contributed by atoms with E-state index >= 15 is 0 Å². The molecule has 0 bridgehead atoms. The van der Waals surface area contributed by atoms with Gasteiger partial charge in [-0.1, -0.05) is 70.6 Å². The van der Waals surface area contributed by atoms with E-state index in [0.29, 0.717) is 0 Å². The molecule has 0 spiro atoms. The van der Waals surface area contributed by atoms with E-state index in [1.807, 2.05) is 0 Å². The molecule has 0 aliphatic carbocycles. The summed E-state index contributed by atoms with van der Waals surface area (Å²) in [6.07, 6.45) is 17.9. The maximum Gasteiger partial charge on any atom is 0.107 e. The summed E-state index contributed by atoms with van der Waals surface area (Å²) in [6.45, 7) is 2.25. The Morgan fingerprint density at radius 1 is 0.938 bits per heavy atom. The first-order valence-electron chi connectivity index (χ1n) is 6.70. The second-order valence-corrected chi connectivity index (χ2v) is 4.47. The fraction of sp³-hybridized carbons (Fsp3) is 0.800. The van der Waals surface area contributed by atoms with Gasteiger partial charge in [-0.05, 0) is 6.42 Å². The van der Waals surface area contributed by atoms with Crippen molar-refractivity contribution in [2.45, 2.75) is 71.1 Å². The van der Waals surface area contributed by atoms with Gasteiger partial charge < -0.3 is 0 Å². The summed E-state index contributed by atoms with van der Waals surface area (Å²) < 4.78 is 0. The lowest BCUT2D eigenvalue weighted by atomic mass is 10.0. The van der Waals surface area contributed by atoms with Crippen LogP contribution in [0.25, 0.3) is 0 Å². The summed E-state index contributed by atoms with van der Waals surface area (Å²) in [5.41, 5.74) is 0. The third-order valence-electron chi connectivity index (χ3n) is 2.95. The fourth-order valence-corrected chi connectivity index (χ4v) is 1.84. The largest absolute Gasteiger partial charge is 0.197 e. The Morgan fingerprint density at radius 2 is 1.44 bits per heavy atom. The molecule has 0 radical (unpaired) electrons. The molecular formula is C15H25N. The van der Waals surface area contributed by atoms with Crippen LogP contribution in [-0.4, -0.2) is 0 Å². The van der Waals surface area contributed by atoms with Gasteiger partial charge in [-0.15, -0.1) is 6.42 Å². The lowest BCUT2D eigenvalue weighted by Crippen LogP contribution is -1.92. The van der Waals surface area contributed by atoms with Crippen molar-refractivity contribution in [1.82, 2.24) is 0 Å². The molecule has 1 nitrogen and oxygen atoms in total. The van der Waals surface area contributed by atoms with Crippen molar-refractivity contribution in [2.75, 3.05) is 0 Å². The number of nitriles is 1. The van der Waals surface area contributed by atoms with Crippen LogP contribution in [0.5, 0.6) is 0 Å². The summed E-state index contributed by atoms with van der Waals surface area (Å²) in [5.74, 6) is 2.35. The highest BCUT2D eigenvalue weighted by molar-refractivity contribution is 5.04. The molecule has 0 aliphatic rings. The van der Waals surface area contributed by atoms with Gasteiger partial charge in [-0.25, -0.2) is 0 Å². The normalized spacial score (nSPS) is 11.7. The molecule has 0 aromatic heterocycles. The fourth-order valence-electron chi connectivity index (χ4n) is 1.84. The molecule has 0 heterocycles. The molecule has 0 aromatic rings. The van der Waals surface area contributed by atoms with E-state index in [1.165, 1.54) is 51.4 Å². The first-order chi connectivity index (χ1) is 7.85. The van der Waals surface area contributed by atoms with Crippen LogP contribution in [-0.2, 0) is 0 Å². The van der Waals surface area contributed by atoms with Crippen LogP contribution in [0.1, 0.15) is 71.1 Å². The van der Waals surface area contributed by atoms with Gasteiger partial charge in [0.15, 0.2) is 0 Å². The zero-order valence-corrected chi connectivity index (χ0v) is 10.7. The van der Waals surface area contributed by atoms with Gasteiger partial charge in [0.1, 0.15) is 5.92 Å². The minimum Gasteiger partial charge on any atom is -0.197 e. The maximum atomic E-state index is 8.66. The van der Waals surface area contributed by atoms with E-state index in [4.69, 9.17) is 11.7 Å². The molecule has 0 rings (SSSR count). The Morgan fingerprint density at radius 3 is 1.88 bits per heavy atom. The Balaban J connectivity index is 3.11. The highest BCUT2D eigenvalue weighted by Crippen LogP contribution is 2.12. The molecule has 1 heteroatoms. The lowest BCUT2D eigenvalue weighted by molar-refractivity contribution is 0.547. The van der Waals surface area contributed by atoms with Gasteiger partial charge in [-0.3, -0.25) is 0 Å². The van der Waals surface area contributed by atoms with Crippen molar-refractivity contribution >= 4 is 0 Å². The predicted molar refractivity (Wildman–Crippen MR) is 69.8 cm³/mol. The molecule has 0 fully saturated rings. The van der Waals surface area contributed by atoms with Crippen molar-refractivity contribution in [3.63, 3.8) is 0 Å². The van der Waals surface area contributed by atoms with Crippen LogP contribution in [0, 0.1) is 29.6 Å². The number of nitrogens with zero attached hydrogens (tertiary/aromatic N) is 1. The van der Waals surface area contributed by atoms with Gasteiger partial charge in [0, 0.05) is 0 Å². The van der Waals surface area contributed by atoms with Crippen molar-refractivity contribution in [1.29, 1.82) is 5.26 Å². The van der Waals surface area contributed by atoms with Crippen LogP contribution in [0.3, 0.4) is 0 Å². The van der Waals surface area contributed by atoms with Crippen molar-refractivity contribution < 1.29 is 0 Å². The molecule has 1 atom stereocenters. The topological polar surface area (TPSA) is 23.8 Å². The monoisotopic (exact) mass is 219 g/mol. The van der Waals surface area contributed by atoms with E-state index in [0.717, 1.165) is 12.8 Å². The smallest absolute Gasteiger partial charge is 0.107 e. The predicted octanol–water partition coefficient (Wildman–Crippen LogP) is 4.68. The second-order valence-electron chi connectivity index (χ2n) is 4.47. The average molecular weight is 219 g/mol. The van der Waals surface area contributed by atoms with E-state index in [1.54, 1.807) is 0 Å². The minimum atomic E-state index is -0.162. The maximum absolute atomic E-state index is 8.66. The van der Waals surface area contributed by atoms with Crippen LogP contribution in [0.2, 0.25) is 0 Å². The third kappa shape index (κ3) is 9.60. The van der Waals surface area contributed by atoms with Crippen molar-refractivity contribution in [3.05, 3.63) is 0 Å². The van der Waals surface area contributed by atoms with Gasteiger partial charge in [0.05, 0.1) is 6.07 Å². The molecule has 1 unspecified atom stereocenters. The molecule has 0 aliphatic heterocycles. The number of hydrogen-bond acceptors (Lipinski definition) is 1. The second kappa shape index (κ2) is 12.1. The van der Waals surface area contributed by atoms with Gasteiger partial charge >= 0.3 is 0 Å². The molecular weight excluding hydrogens is 194 g/mol. The first kappa shape index (κ1) is 15.0. The van der Waals surface area contributed by atoms with Gasteiger partial charge in [0.25, 0.3) is 0 Å². The molecule has 0 N–H and O–H groups in total. The summed E-state index contributed by atoms with van der Waals surface area (Å²) in [5, 5.41) is 8.66. The Labute approximate surface area is 101 Å². The quantitative estimate of drug-likeness (QED) is 0.386. The number of unbranched alkanes of at least 4 members (excludes halogenated alkanes) is 8. The molecule has 0 aromatic carbocycles. The third-order valence-corrected chi connectivity index (χ3v) is 2.95. The highest BCUT2D eigenvalue weighted by Gasteiger charge is 2.01. The van der Waals surface area contributed by atoms with Crippen LogP contribution >= 0.6 is 0 Å². The Hall–Kier alpha value is -0.950. The Bertz CT molecular complexity index is 205. The number of rotatable bonds is 10. The van der Waals surface area contributed by atoms with Gasteiger partial charge in [-0.2, -0.15) is 5.26 Å². The highest BCUT2D eigenvalue weighted by atomic mass is 14.3. The molecule has 0 saturated heterocycles. The van der Waals surface area contributed by atoms with E-state index in [-0.39, 0.29) is 5.92 Å². The number of hydrogen-bond donors (Lipinski definition) is 0. The van der Waals surface area contributed by atoms with E-state index in [2.05, 4.69) is 18.9 Å². The van der Waals surface area contributed by atoms with Crippen molar-refractivity contribution in [2.24, 2.45) is 5.92 Å². The zero-order valence-electron chi connectivity index (χ0n) is 10.7. The summed E-state index contributed by atoms with van der Waals surface area (Å²) in [4.78, 5) is 0. The minimum absolute atomic E-state index is 0.162. The molecule has 0 saturated carbocycles.